The Morgan fingerprint density at radius 3 is 2.55 bits per heavy atom. The van der Waals surface area contributed by atoms with Gasteiger partial charge >= 0.3 is 0 Å². The van der Waals surface area contributed by atoms with E-state index in [1.54, 1.807) is 0 Å². The van der Waals surface area contributed by atoms with Gasteiger partial charge in [-0.05, 0) is 6.07 Å². The first kappa shape index (κ1) is 17.8. The topological polar surface area (TPSA) is 88.2 Å². The first-order valence-electron chi connectivity index (χ1n) is 5.89. The van der Waals surface area contributed by atoms with Crippen molar-refractivity contribution >= 4 is 17.3 Å². The molecule has 0 radical (unpaired) electrons. The van der Waals surface area contributed by atoms with Gasteiger partial charge in [0.25, 0.3) is 12.1 Å². The smallest absolute Gasteiger partial charge is 0.270 e. The summed E-state index contributed by atoms with van der Waals surface area (Å²) >= 11 is 0. The number of alkyl halides is 2. The fourth-order valence-corrected chi connectivity index (χ4v) is 1.28. The lowest BCUT2D eigenvalue weighted by molar-refractivity contribution is -0.384. The molecule has 0 saturated heterocycles. The number of halogens is 2. The van der Waals surface area contributed by atoms with Crippen LogP contribution in [0.4, 0.5) is 20.2 Å². The number of nitro groups is 1. The second-order valence-electron chi connectivity index (χ2n) is 3.29. The number of nitrogens with one attached hydrogen (secondary N) is 2. The van der Waals surface area contributed by atoms with Crippen LogP contribution in [0, 0.1) is 15.5 Å². The summed E-state index contributed by atoms with van der Waals surface area (Å²) < 4.78 is 28.8. The normalized spacial score (nSPS) is 9.50. The molecule has 0 spiro atoms. The molecule has 0 amide bonds. The summed E-state index contributed by atoms with van der Waals surface area (Å²) in [6.07, 6.45) is -2.57. The Hall–Kier alpha value is -2.25. The summed E-state index contributed by atoms with van der Waals surface area (Å²) in [5.41, 5.74) is 0.00879. The molecule has 0 saturated carbocycles. The minimum atomic E-state index is -2.57. The van der Waals surface area contributed by atoms with Crippen molar-refractivity contribution in [2.24, 2.45) is 0 Å². The summed E-state index contributed by atoms with van der Waals surface area (Å²) in [5, 5.41) is 20.5. The first-order chi connectivity index (χ1) is 9.45. The Kier molecular flexibility index (Phi) is 7.80. The predicted molar refractivity (Wildman–Crippen MR) is 72.8 cm³/mol. The number of ether oxygens (including phenoxy) is 1. The summed E-state index contributed by atoms with van der Waals surface area (Å²) in [6, 6.07) is 3.53. The molecule has 20 heavy (non-hydrogen) atoms. The van der Waals surface area contributed by atoms with E-state index in [1.807, 2.05) is 13.8 Å². The van der Waals surface area contributed by atoms with Gasteiger partial charge in [-0.1, -0.05) is 13.8 Å². The molecule has 0 aliphatic carbocycles. The van der Waals surface area contributed by atoms with Crippen molar-refractivity contribution in [2.45, 2.75) is 20.3 Å². The number of non-ortho nitro benzene ring substituents is 1. The SMILES string of the molecule is CC.COC(=N)c1cc([N+](=O)[O-])ccc1NCC(F)F. The van der Waals surface area contributed by atoms with Gasteiger partial charge in [-0.2, -0.15) is 0 Å². The van der Waals surface area contributed by atoms with E-state index in [0.29, 0.717) is 0 Å². The molecule has 0 aliphatic rings. The van der Waals surface area contributed by atoms with Gasteiger partial charge in [-0.15, -0.1) is 0 Å². The second-order valence-corrected chi connectivity index (χ2v) is 3.29. The van der Waals surface area contributed by atoms with Crippen molar-refractivity contribution in [3.05, 3.63) is 33.9 Å². The minimum absolute atomic E-state index is 0.0624. The average Bonchev–Trinajstić information content (AvgIpc) is 2.46. The Morgan fingerprint density at radius 2 is 2.10 bits per heavy atom. The average molecular weight is 289 g/mol. The van der Waals surface area contributed by atoms with E-state index in [9.17, 15) is 18.9 Å². The largest absolute Gasteiger partial charge is 0.481 e. The second kappa shape index (κ2) is 8.78. The van der Waals surface area contributed by atoms with Crippen molar-refractivity contribution in [2.75, 3.05) is 19.0 Å². The first-order valence-corrected chi connectivity index (χ1v) is 5.89. The third-order valence-corrected chi connectivity index (χ3v) is 2.11. The van der Waals surface area contributed by atoms with Crippen molar-refractivity contribution in [1.29, 1.82) is 5.41 Å². The third-order valence-electron chi connectivity index (χ3n) is 2.11. The molecule has 2 N–H and O–H groups in total. The van der Waals surface area contributed by atoms with Crippen molar-refractivity contribution in [3.63, 3.8) is 0 Å². The van der Waals surface area contributed by atoms with Gasteiger partial charge in [0.05, 0.1) is 24.1 Å². The van der Waals surface area contributed by atoms with E-state index in [4.69, 9.17) is 5.41 Å². The van der Waals surface area contributed by atoms with Crippen LogP contribution >= 0.6 is 0 Å². The molecule has 1 aromatic rings. The Balaban J connectivity index is 0.00000172. The van der Waals surface area contributed by atoms with E-state index >= 15 is 0 Å². The molecule has 0 heterocycles. The van der Waals surface area contributed by atoms with Crippen LogP contribution in [0.25, 0.3) is 0 Å². The van der Waals surface area contributed by atoms with E-state index in [1.165, 1.54) is 19.2 Å². The van der Waals surface area contributed by atoms with Crippen LogP contribution in [0.5, 0.6) is 0 Å². The number of methoxy groups -OCH3 is 1. The highest BCUT2D eigenvalue weighted by Gasteiger charge is 2.15. The van der Waals surface area contributed by atoms with Crippen LogP contribution in [0.15, 0.2) is 18.2 Å². The molecular weight excluding hydrogens is 272 g/mol. The van der Waals surface area contributed by atoms with E-state index in [0.717, 1.165) is 6.07 Å². The van der Waals surface area contributed by atoms with Crippen LogP contribution in [0.3, 0.4) is 0 Å². The number of hydrogen-bond acceptors (Lipinski definition) is 5. The molecule has 0 fully saturated rings. The van der Waals surface area contributed by atoms with Crippen LogP contribution in [0.1, 0.15) is 19.4 Å². The zero-order valence-corrected chi connectivity index (χ0v) is 11.4. The number of nitro benzene ring substituents is 1. The van der Waals surface area contributed by atoms with Gasteiger partial charge in [0.2, 0.25) is 5.90 Å². The summed E-state index contributed by atoms with van der Waals surface area (Å²) in [5.74, 6) is -0.338. The lowest BCUT2D eigenvalue weighted by atomic mass is 10.1. The molecule has 0 aliphatic heterocycles. The standard InChI is InChI=1S/C10H11F2N3O3.C2H6/c1-18-10(13)7-4-6(15(16)17)2-3-8(7)14-5-9(11)12;1-2/h2-4,9,13-14H,5H2,1H3;1-2H3. The van der Waals surface area contributed by atoms with Crippen molar-refractivity contribution < 1.29 is 18.4 Å². The maximum atomic E-state index is 12.1. The van der Waals surface area contributed by atoms with E-state index in [-0.39, 0.29) is 22.8 Å². The van der Waals surface area contributed by atoms with Crippen LogP contribution in [-0.2, 0) is 4.74 Å². The molecule has 0 unspecified atom stereocenters. The van der Waals surface area contributed by atoms with E-state index < -0.39 is 17.9 Å². The van der Waals surface area contributed by atoms with Gasteiger partial charge in [-0.3, -0.25) is 15.5 Å². The molecule has 112 valence electrons. The maximum Gasteiger partial charge on any atom is 0.270 e. The highest BCUT2D eigenvalue weighted by Crippen LogP contribution is 2.23. The molecule has 0 aromatic heterocycles. The molecule has 0 atom stereocenters. The number of anilines is 1. The van der Waals surface area contributed by atoms with E-state index in [2.05, 4.69) is 10.1 Å². The highest BCUT2D eigenvalue weighted by atomic mass is 19.3. The fraction of sp³-hybridized carbons (Fsp3) is 0.417. The van der Waals surface area contributed by atoms with Crippen molar-refractivity contribution in [1.82, 2.24) is 0 Å². The molecule has 0 bridgehead atoms. The van der Waals surface area contributed by atoms with Gasteiger partial charge < -0.3 is 10.1 Å². The van der Waals surface area contributed by atoms with Gasteiger partial charge in [-0.25, -0.2) is 8.78 Å². The molecule has 1 aromatic carbocycles. The summed E-state index contributed by atoms with van der Waals surface area (Å²) in [7, 11) is 1.22. The molecule has 8 heteroatoms. The lowest BCUT2D eigenvalue weighted by Gasteiger charge is -2.11. The monoisotopic (exact) mass is 289 g/mol. The zero-order valence-electron chi connectivity index (χ0n) is 11.4. The molecular formula is C12H17F2N3O3. The third kappa shape index (κ3) is 5.17. The number of rotatable bonds is 5. The summed E-state index contributed by atoms with van der Waals surface area (Å²) in [6.45, 7) is 3.39. The van der Waals surface area contributed by atoms with Crippen LogP contribution in [-0.4, -0.2) is 30.9 Å². The Bertz CT molecular complexity index is 467. The van der Waals surface area contributed by atoms with Crippen molar-refractivity contribution in [3.8, 4) is 0 Å². The fourth-order valence-electron chi connectivity index (χ4n) is 1.28. The summed E-state index contributed by atoms with van der Waals surface area (Å²) in [4.78, 5) is 9.96. The predicted octanol–water partition coefficient (Wildman–Crippen LogP) is 3.27. The number of benzene rings is 1. The van der Waals surface area contributed by atoms with Crippen LogP contribution < -0.4 is 5.32 Å². The quantitative estimate of drug-likeness (QED) is 0.377. The lowest BCUT2D eigenvalue weighted by Crippen LogP contribution is -2.14. The number of nitrogens with zero attached hydrogens (tertiary/aromatic N) is 1. The zero-order chi connectivity index (χ0) is 15.7. The van der Waals surface area contributed by atoms with Crippen LogP contribution in [0.2, 0.25) is 0 Å². The van der Waals surface area contributed by atoms with Gasteiger partial charge in [0, 0.05) is 17.8 Å². The highest BCUT2D eigenvalue weighted by molar-refractivity contribution is 5.98. The van der Waals surface area contributed by atoms with Gasteiger partial charge in [0.15, 0.2) is 0 Å². The Morgan fingerprint density at radius 1 is 1.50 bits per heavy atom. The maximum absolute atomic E-state index is 12.1. The Labute approximate surface area is 115 Å². The van der Waals surface area contributed by atoms with Gasteiger partial charge in [0.1, 0.15) is 0 Å². The molecule has 6 nitrogen and oxygen atoms in total. The molecule has 1 rings (SSSR count). The number of hydrogen-bond donors (Lipinski definition) is 2. The minimum Gasteiger partial charge on any atom is -0.481 e.